The molecule has 0 amide bonds. The lowest BCUT2D eigenvalue weighted by molar-refractivity contribution is 0.100. The largest absolute Gasteiger partial charge is 0.294 e. The van der Waals surface area contributed by atoms with E-state index >= 15 is 0 Å². The Bertz CT molecular complexity index is 496. The zero-order chi connectivity index (χ0) is 11.0. The van der Waals surface area contributed by atoms with Gasteiger partial charge in [-0.1, -0.05) is 17.7 Å². The second kappa shape index (κ2) is 3.87. The molecule has 1 unspecified atom stereocenters. The summed E-state index contributed by atoms with van der Waals surface area (Å²) in [7, 11) is -1.22. The Morgan fingerprint density at radius 1 is 1.47 bits per heavy atom. The maximum Gasteiger partial charge on any atom is 0.171 e. The highest BCUT2D eigenvalue weighted by atomic mass is 35.5. The summed E-state index contributed by atoms with van der Waals surface area (Å²) in [5.74, 6) is -0.0762. The monoisotopic (exact) mass is 241 g/mol. The van der Waals surface area contributed by atoms with Crippen molar-refractivity contribution in [1.82, 2.24) is 0 Å². The van der Waals surface area contributed by atoms with Crippen LogP contribution >= 0.6 is 11.6 Å². The van der Waals surface area contributed by atoms with Crippen molar-refractivity contribution in [1.29, 1.82) is 0 Å². The van der Waals surface area contributed by atoms with Crippen LogP contribution in [0, 0.1) is 0 Å². The van der Waals surface area contributed by atoms with Crippen LogP contribution in [-0.2, 0) is 10.8 Å². The van der Waals surface area contributed by atoms with Crippen LogP contribution in [0.15, 0.2) is 23.2 Å². The average molecular weight is 242 g/mol. The van der Waals surface area contributed by atoms with Gasteiger partial charge >= 0.3 is 0 Å². The van der Waals surface area contributed by atoms with Crippen molar-refractivity contribution in [3.63, 3.8) is 0 Å². The lowest BCUT2D eigenvalue weighted by Crippen LogP contribution is -2.16. The number of rotatable bonds is 0. The minimum absolute atomic E-state index is 0.0762. The minimum Gasteiger partial charge on any atom is -0.294 e. The zero-order valence-corrected chi connectivity index (χ0v) is 9.56. The third-order valence-electron chi connectivity index (χ3n) is 2.17. The Labute approximate surface area is 94.6 Å². The predicted octanol–water partition coefficient (Wildman–Crippen LogP) is 2.33. The van der Waals surface area contributed by atoms with E-state index in [9.17, 15) is 9.00 Å². The van der Waals surface area contributed by atoms with Crippen molar-refractivity contribution in [3.8, 4) is 0 Å². The number of Topliss-reactive ketones (excluding diaryl/α,β-unsaturated/α-hetero) is 1. The molecular weight excluding hydrogens is 234 g/mol. The molecule has 2 rings (SSSR count). The van der Waals surface area contributed by atoms with Gasteiger partial charge in [-0.3, -0.25) is 9.00 Å². The second-order valence-electron chi connectivity index (χ2n) is 3.20. The van der Waals surface area contributed by atoms with Gasteiger partial charge in [-0.05, 0) is 12.1 Å². The number of para-hydroxylation sites is 1. The maximum atomic E-state index is 11.7. The topological polar surface area (TPSA) is 46.5 Å². The van der Waals surface area contributed by atoms with E-state index in [1.165, 1.54) is 6.26 Å². The first-order valence-electron chi connectivity index (χ1n) is 4.32. The van der Waals surface area contributed by atoms with Crippen molar-refractivity contribution < 1.29 is 9.00 Å². The van der Waals surface area contributed by atoms with E-state index in [0.717, 1.165) is 0 Å². The number of carbonyl (C=O) groups excluding carboxylic acids is 1. The van der Waals surface area contributed by atoms with Crippen molar-refractivity contribution in [3.05, 3.63) is 28.8 Å². The van der Waals surface area contributed by atoms with Crippen molar-refractivity contribution >= 4 is 38.9 Å². The normalized spacial score (nSPS) is 16.9. The third-order valence-corrected chi connectivity index (χ3v) is 3.37. The van der Waals surface area contributed by atoms with Crippen molar-refractivity contribution in [2.75, 3.05) is 6.26 Å². The standard InChI is InChI=1S/C10H8ClNO2S/c1-15(14)9-5-8(13)6-3-2-4-7(11)10(6)12-9/h2-4H,5H2,1H3. The van der Waals surface area contributed by atoms with Gasteiger partial charge in [0.2, 0.25) is 0 Å². The fourth-order valence-corrected chi connectivity index (χ4v) is 2.19. The number of fused-ring (bicyclic) bond motifs is 1. The Morgan fingerprint density at radius 3 is 2.87 bits per heavy atom. The summed E-state index contributed by atoms with van der Waals surface area (Å²) >= 11 is 5.92. The number of carbonyl (C=O) groups is 1. The first-order valence-corrected chi connectivity index (χ1v) is 6.26. The fourth-order valence-electron chi connectivity index (χ4n) is 1.42. The molecule has 78 valence electrons. The summed E-state index contributed by atoms with van der Waals surface area (Å²) in [5.41, 5.74) is 0.956. The zero-order valence-electron chi connectivity index (χ0n) is 7.99. The maximum absolute atomic E-state index is 11.7. The van der Waals surface area contributed by atoms with Crippen LogP contribution in [0.5, 0.6) is 0 Å². The van der Waals surface area contributed by atoms with Crippen LogP contribution in [0.25, 0.3) is 0 Å². The first kappa shape index (κ1) is 10.5. The molecule has 1 aliphatic rings. The highest BCUT2D eigenvalue weighted by Crippen LogP contribution is 2.33. The predicted molar refractivity (Wildman–Crippen MR) is 61.6 cm³/mol. The third kappa shape index (κ3) is 1.87. The molecule has 5 heteroatoms. The number of halogens is 1. The molecular formula is C10H8ClNO2S. The number of ketones is 1. The van der Waals surface area contributed by atoms with Crippen molar-refractivity contribution in [2.45, 2.75) is 6.42 Å². The van der Waals surface area contributed by atoms with Crippen LogP contribution < -0.4 is 0 Å². The van der Waals surface area contributed by atoms with Crippen LogP contribution in [0.1, 0.15) is 16.8 Å². The molecule has 1 aromatic rings. The Hall–Kier alpha value is -1.00. The number of benzene rings is 1. The van der Waals surface area contributed by atoms with Gasteiger partial charge in [-0.2, -0.15) is 0 Å². The first-order chi connectivity index (χ1) is 7.09. The number of nitrogens with zero attached hydrogens (tertiary/aromatic N) is 1. The van der Waals surface area contributed by atoms with Gasteiger partial charge in [0.15, 0.2) is 5.78 Å². The van der Waals surface area contributed by atoms with E-state index in [0.29, 0.717) is 21.3 Å². The molecule has 0 saturated heterocycles. The van der Waals surface area contributed by atoms with Crippen LogP contribution in [-0.4, -0.2) is 21.3 Å². The smallest absolute Gasteiger partial charge is 0.171 e. The molecule has 0 bridgehead atoms. The molecule has 0 saturated carbocycles. The fraction of sp³-hybridized carbons (Fsp3) is 0.200. The second-order valence-corrected chi connectivity index (χ2v) is 4.98. The average Bonchev–Trinajstić information content (AvgIpc) is 2.19. The molecule has 0 radical (unpaired) electrons. The molecule has 0 aliphatic carbocycles. The lowest BCUT2D eigenvalue weighted by atomic mass is 10.0. The van der Waals surface area contributed by atoms with Gasteiger partial charge in [-0.25, -0.2) is 4.99 Å². The molecule has 1 aromatic carbocycles. The van der Waals surface area contributed by atoms with E-state index in [1.807, 2.05) is 0 Å². The Balaban J connectivity index is 2.64. The highest BCUT2D eigenvalue weighted by Gasteiger charge is 2.23. The van der Waals surface area contributed by atoms with Crippen LogP contribution in [0.2, 0.25) is 5.02 Å². The summed E-state index contributed by atoms with van der Waals surface area (Å²) in [6.07, 6.45) is 1.63. The van der Waals surface area contributed by atoms with Gasteiger partial charge in [0, 0.05) is 11.8 Å². The SMILES string of the molecule is CS(=O)C1=Nc2c(Cl)cccc2C(=O)C1. The number of aliphatic imine (C=N–C) groups is 1. The van der Waals surface area contributed by atoms with Crippen LogP contribution in [0.4, 0.5) is 5.69 Å². The summed E-state index contributed by atoms with van der Waals surface area (Å²) in [6.45, 7) is 0. The summed E-state index contributed by atoms with van der Waals surface area (Å²) < 4.78 is 11.3. The molecule has 1 heterocycles. The van der Waals surface area contributed by atoms with E-state index < -0.39 is 10.8 Å². The van der Waals surface area contributed by atoms with E-state index in [2.05, 4.69) is 4.99 Å². The summed E-state index contributed by atoms with van der Waals surface area (Å²) in [4.78, 5) is 15.8. The van der Waals surface area contributed by atoms with Gasteiger partial charge in [0.05, 0.1) is 27.9 Å². The molecule has 0 N–H and O–H groups in total. The Kier molecular flexibility index (Phi) is 2.71. The van der Waals surface area contributed by atoms with E-state index in [1.54, 1.807) is 18.2 Å². The van der Waals surface area contributed by atoms with Gasteiger partial charge in [0.1, 0.15) is 5.04 Å². The molecule has 3 nitrogen and oxygen atoms in total. The summed E-state index contributed by atoms with van der Waals surface area (Å²) in [5, 5.41) is 0.809. The Morgan fingerprint density at radius 2 is 2.20 bits per heavy atom. The lowest BCUT2D eigenvalue weighted by Gasteiger charge is -2.13. The summed E-state index contributed by atoms with van der Waals surface area (Å²) in [6, 6.07) is 5.06. The molecule has 0 fully saturated rings. The molecule has 0 spiro atoms. The van der Waals surface area contributed by atoms with E-state index in [4.69, 9.17) is 11.6 Å². The quantitative estimate of drug-likeness (QED) is 0.700. The molecule has 15 heavy (non-hydrogen) atoms. The van der Waals surface area contributed by atoms with Gasteiger partial charge in [0.25, 0.3) is 0 Å². The molecule has 1 atom stereocenters. The van der Waals surface area contributed by atoms with Gasteiger partial charge < -0.3 is 0 Å². The molecule has 1 aliphatic heterocycles. The van der Waals surface area contributed by atoms with E-state index in [-0.39, 0.29) is 12.2 Å². The minimum atomic E-state index is -1.22. The number of hydrogen-bond acceptors (Lipinski definition) is 3. The van der Waals surface area contributed by atoms with Gasteiger partial charge in [-0.15, -0.1) is 0 Å². The molecule has 0 aromatic heterocycles. The number of hydrogen-bond donors (Lipinski definition) is 0. The van der Waals surface area contributed by atoms with Crippen molar-refractivity contribution in [2.24, 2.45) is 4.99 Å². The van der Waals surface area contributed by atoms with Crippen LogP contribution in [0.3, 0.4) is 0 Å². The highest BCUT2D eigenvalue weighted by molar-refractivity contribution is 8.00.